The van der Waals surface area contributed by atoms with Gasteiger partial charge in [0.15, 0.2) is 0 Å². The second-order valence-corrected chi connectivity index (χ2v) is 15.4. The summed E-state index contributed by atoms with van der Waals surface area (Å²) in [6.07, 6.45) is 3.73. The Labute approximate surface area is 333 Å². The van der Waals surface area contributed by atoms with Gasteiger partial charge in [-0.05, 0) is 76.6 Å². The zero-order valence-electron chi connectivity index (χ0n) is 32.6. The van der Waals surface area contributed by atoms with Crippen molar-refractivity contribution in [3.05, 3.63) is 65.7 Å². The minimum atomic E-state index is -2.51. The van der Waals surface area contributed by atoms with Crippen molar-refractivity contribution in [2.24, 2.45) is 5.92 Å². The first-order valence-electron chi connectivity index (χ1n) is 19.9. The number of nitrogens with one attached hydrogen (secondary N) is 1. The van der Waals surface area contributed by atoms with Crippen LogP contribution in [0, 0.1) is 5.92 Å². The highest BCUT2D eigenvalue weighted by Gasteiger charge is 2.31. The number of benzene rings is 2. The van der Waals surface area contributed by atoms with Crippen LogP contribution in [-0.2, 0) is 23.7 Å². The van der Waals surface area contributed by atoms with Crippen molar-refractivity contribution in [1.82, 2.24) is 19.5 Å². The quantitative estimate of drug-likeness (QED) is 0.135. The number of pyridine rings is 2. The summed E-state index contributed by atoms with van der Waals surface area (Å²) in [6, 6.07) is 9.62. The van der Waals surface area contributed by atoms with Gasteiger partial charge in [-0.2, -0.15) is 0 Å². The number of hydrogen-bond donors (Lipinski definition) is 3. The van der Waals surface area contributed by atoms with Crippen molar-refractivity contribution in [2.45, 2.75) is 95.4 Å². The molecule has 312 valence electrons. The lowest BCUT2D eigenvalue weighted by Gasteiger charge is -2.31. The molecule has 9 rings (SSSR count). The number of nitrogen functional groups attached to an aromatic ring is 1. The molecule has 58 heavy (non-hydrogen) atoms. The van der Waals surface area contributed by atoms with Crippen molar-refractivity contribution >= 4 is 50.2 Å². The van der Waals surface area contributed by atoms with E-state index in [2.05, 4.69) is 26.8 Å². The van der Waals surface area contributed by atoms with Crippen molar-refractivity contribution in [1.29, 1.82) is 0 Å². The van der Waals surface area contributed by atoms with Crippen LogP contribution < -0.4 is 11.1 Å². The first kappa shape index (κ1) is 41.5. The smallest absolute Gasteiger partial charge is 0.308 e. The summed E-state index contributed by atoms with van der Waals surface area (Å²) in [4.78, 5) is 23.7. The first-order valence-corrected chi connectivity index (χ1v) is 19.9. The van der Waals surface area contributed by atoms with Gasteiger partial charge >= 0.3 is 5.97 Å². The molecule has 16 heteroatoms. The Morgan fingerprint density at radius 1 is 0.810 bits per heavy atom. The van der Waals surface area contributed by atoms with Gasteiger partial charge in [-0.1, -0.05) is 12.1 Å². The topological polar surface area (TPSA) is 156 Å². The maximum absolute atomic E-state index is 13.4. The van der Waals surface area contributed by atoms with Crippen molar-refractivity contribution < 1.29 is 46.4 Å². The highest BCUT2D eigenvalue weighted by molar-refractivity contribution is 6.03. The average Bonchev–Trinajstić information content (AvgIpc) is 4.02. The standard InChI is InChI=1S/C21H23F2N3O2.C16H19F2N3O.C5H8O3/c1-12-8-15(5-7-28-12)26-19-16-9-13(20(22)23)2-3-17(16)24-10-18(19)25-21(26)14-4-6-27-11-14;1-9-6-11(4-5-22-9)21-15-12-7-10(16(17)18)2-3-14(12)20-8-13(15)19;6-5(7)4-1-2-8-3-4/h2-3,9-10,12,14-15,20H,4-8,11H2,1H3;2-3,7-9,11,16H,4-6,19H2,1H3,(H,20,21);4H,1-3H2,(H,6,7)/t12-,14+,15-;9-,11-;4-/m110/s1. The fourth-order valence-corrected chi connectivity index (χ4v) is 8.14. The number of ether oxygens (including phenoxy) is 4. The van der Waals surface area contributed by atoms with E-state index in [1.165, 1.54) is 18.2 Å². The summed E-state index contributed by atoms with van der Waals surface area (Å²) in [7, 11) is 0. The van der Waals surface area contributed by atoms with Gasteiger partial charge in [0.25, 0.3) is 12.9 Å². The summed E-state index contributed by atoms with van der Waals surface area (Å²) in [5.41, 5.74) is 10.2. The number of halogens is 4. The lowest BCUT2D eigenvalue weighted by atomic mass is 10.0. The Balaban J connectivity index is 0.000000151. The third-order valence-corrected chi connectivity index (χ3v) is 11.2. The first-order chi connectivity index (χ1) is 28.0. The van der Waals surface area contributed by atoms with E-state index >= 15 is 0 Å². The van der Waals surface area contributed by atoms with Gasteiger partial charge in [0, 0.05) is 66.3 Å². The van der Waals surface area contributed by atoms with E-state index in [0.717, 1.165) is 61.0 Å². The molecule has 7 heterocycles. The number of aromatic nitrogens is 4. The molecule has 0 amide bonds. The number of alkyl halides is 4. The second kappa shape index (κ2) is 18.5. The Hall–Kier alpha value is -4.64. The van der Waals surface area contributed by atoms with Gasteiger partial charge in [0.1, 0.15) is 11.3 Å². The molecule has 0 saturated carbocycles. The molecule has 4 saturated heterocycles. The van der Waals surface area contributed by atoms with Crippen LogP contribution in [-0.4, -0.2) is 88.5 Å². The predicted octanol–water partition coefficient (Wildman–Crippen LogP) is 8.61. The number of nitrogens with zero attached hydrogens (tertiary/aromatic N) is 4. The molecule has 4 aliphatic rings. The molecule has 0 bridgehead atoms. The van der Waals surface area contributed by atoms with Gasteiger partial charge < -0.3 is 39.7 Å². The van der Waals surface area contributed by atoms with Crippen LogP contribution in [0.4, 0.5) is 28.9 Å². The molecule has 3 aromatic heterocycles. The number of aliphatic carboxylic acids is 1. The number of nitrogens with two attached hydrogens (primary N) is 1. The molecule has 5 aromatic rings. The summed E-state index contributed by atoms with van der Waals surface area (Å²) >= 11 is 0. The van der Waals surface area contributed by atoms with Gasteiger partial charge in [0.2, 0.25) is 0 Å². The molecule has 0 radical (unpaired) electrons. The molecule has 0 aliphatic carbocycles. The van der Waals surface area contributed by atoms with E-state index in [0.29, 0.717) is 67.2 Å². The Morgan fingerprint density at radius 2 is 1.45 bits per heavy atom. The predicted molar refractivity (Wildman–Crippen MR) is 212 cm³/mol. The van der Waals surface area contributed by atoms with Crippen LogP contribution in [0.3, 0.4) is 0 Å². The molecule has 4 fully saturated rings. The minimum absolute atomic E-state index is 0.0145. The van der Waals surface area contributed by atoms with Crippen molar-refractivity contribution in [3.8, 4) is 0 Å². The fourth-order valence-electron chi connectivity index (χ4n) is 8.14. The second-order valence-electron chi connectivity index (χ2n) is 15.4. The van der Waals surface area contributed by atoms with Gasteiger partial charge in [0.05, 0.1) is 71.7 Å². The van der Waals surface area contributed by atoms with Gasteiger partial charge in [-0.25, -0.2) is 22.5 Å². The maximum Gasteiger partial charge on any atom is 0.308 e. The van der Waals surface area contributed by atoms with Crippen LogP contribution in [0.5, 0.6) is 0 Å². The normalized spacial score (nSPS) is 24.8. The SMILES string of the molecule is C[C@@H]1C[C@H](Nc2c(N)cnc3ccc(C(F)F)cc23)CCO1.C[C@@H]1C[C@H](n2c([C@H]3CCOC3)nc3cnc4ccc(C(F)F)cc4c32)CCO1.O=C(O)[C@H]1CCOC1. The number of carboxylic acids is 1. The Morgan fingerprint density at radius 3 is 2.05 bits per heavy atom. The van der Waals surface area contributed by atoms with Crippen LogP contribution in [0.25, 0.3) is 32.8 Å². The van der Waals surface area contributed by atoms with E-state index < -0.39 is 18.8 Å². The van der Waals surface area contributed by atoms with Crippen LogP contribution in [0.1, 0.15) is 94.1 Å². The number of carboxylic acid groups (broad SMARTS) is 1. The van der Waals surface area contributed by atoms with E-state index in [4.69, 9.17) is 34.8 Å². The molecule has 12 nitrogen and oxygen atoms in total. The molecule has 6 atom stereocenters. The summed E-state index contributed by atoms with van der Waals surface area (Å²) in [6.45, 7) is 7.87. The van der Waals surface area contributed by atoms with Crippen LogP contribution in [0.2, 0.25) is 0 Å². The average molecular weight is 811 g/mol. The highest BCUT2D eigenvalue weighted by atomic mass is 19.3. The fraction of sp³-hybridized carbons (Fsp3) is 0.524. The number of fused-ring (bicyclic) bond motifs is 4. The van der Waals surface area contributed by atoms with Crippen molar-refractivity contribution in [2.75, 3.05) is 50.7 Å². The van der Waals surface area contributed by atoms with E-state index in [1.807, 2.05) is 6.92 Å². The number of carbonyl (C=O) groups is 1. The molecule has 2 aromatic carbocycles. The van der Waals surface area contributed by atoms with Gasteiger partial charge in [-0.15, -0.1) is 0 Å². The monoisotopic (exact) mass is 810 g/mol. The molecule has 0 unspecified atom stereocenters. The summed E-state index contributed by atoms with van der Waals surface area (Å²) < 4.78 is 76.7. The Bertz CT molecular complexity index is 2190. The number of anilines is 2. The molecular weight excluding hydrogens is 760 g/mol. The van der Waals surface area contributed by atoms with E-state index in [9.17, 15) is 22.4 Å². The third kappa shape index (κ3) is 9.46. The number of hydrogen-bond acceptors (Lipinski definition) is 10. The van der Waals surface area contributed by atoms with E-state index in [1.54, 1.807) is 30.6 Å². The van der Waals surface area contributed by atoms with Crippen molar-refractivity contribution in [3.63, 3.8) is 0 Å². The van der Waals surface area contributed by atoms with E-state index in [-0.39, 0.29) is 47.3 Å². The summed E-state index contributed by atoms with van der Waals surface area (Å²) in [5.74, 6) is 0.236. The molecule has 0 spiro atoms. The highest BCUT2D eigenvalue weighted by Crippen LogP contribution is 2.39. The molecule has 4 N–H and O–H groups in total. The Kier molecular flexibility index (Phi) is 13.3. The molecular formula is C42H50F4N6O6. The third-order valence-electron chi connectivity index (χ3n) is 11.2. The van der Waals surface area contributed by atoms with Gasteiger partial charge in [-0.3, -0.25) is 14.8 Å². The lowest BCUT2D eigenvalue weighted by molar-refractivity contribution is -0.141. The molecule has 4 aliphatic heterocycles. The lowest BCUT2D eigenvalue weighted by Crippen LogP contribution is -2.32. The maximum atomic E-state index is 13.4. The zero-order valence-corrected chi connectivity index (χ0v) is 32.6. The van der Waals surface area contributed by atoms with Crippen LogP contribution >= 0.6 is 0 Å². The minimum Gasteiger partial charge on any atom is -0.481 e. The zero-order chi connectivity index (χ0) is 40.9. The number of imidazole rings is 1. The van der Waals surface area contributed by atoms with Crippen LogP contribution in [0.15, 0.2) is 48.8 Å². The summed E-state index contributed by atoms with van der Waals surface area (Å²) in [5, 5.41) is 13.1. The largest absolute Gasteiger partial charge is 0.481 e. The number of rotatable bonds is 7.